The number of rotatable bonds is 5. The van der Waals surface area contributed by atoms with E-state index in [0.29, 0.717) is 5.65 Å². The van der Waals surface area contributed by atoms with Crippen molar-refractivity contribution in [1.29, 1.82) is 0 Å². The van der Waals surface area contributed by atoms with Gasteiger partial charge in [-0.3, -0.25) is 0 Å². The molecule has 0 bridgehead atoms. The fraction of sp³-hybridized carbons (Fsp3) is 0.235. The standard InChI is InChI=1S/C17H18N4O3/c1-11-7-8-14(24-3)13(10-11)12(2)18-16-17(21(22)23)20-9-5-4-6-15(20)19-16/h4-10,12,18H,1-3H3/t12-/m1/s1. The van der Waals surface area contributed by atoms with Crippen LogP contribution in [0.25, 0.3) is 5.65 Å². The predicted molar refractivity (Wildman–Crippen MR) is 91.6 cm³/mol. The van der Waals surface area contributed by atoms with Gasteiger partial charge in [0.15, 0.2) is 0 Å². The third-order valence-electron chi connectivity index (χ3n) is 3.88. The molecule has 0 saturated heterocycles. The number of ether oxygens (including phenoxy) is 1. The van der Waals surface area contributed by atoms with Gasteiger partial charge in [-0.15, -0.1) is 0 Å². The normalized spacial score (nSPS) is 12.1. The van der Waals surface area contributed by atoms with Crippen LogP contribution in [0.2, 0.25) is 0 Å². The van der Waals surface area contributed by atoms with Gasteiger partial charge in [0.25, 0.3) is 0 Å². The molecule has 7 nitrogen and oxygen atoms in total. The fourth-order valence-corrected chi connectivity index (χ4v) is 2.73. The summed E-state index contributed by atoms with van der Waals surface area (Å²) in [5.74, 6) is 0.887. The molecule has 2 aromatic heterocycles. The fourth-order valence-electron chi connectivity index (χ4n) is 2.73. The number of imidazole rings is 1. The van der Waals surface area contributed by atoms with E-state index in [1.165, 1.54) is 4.40 Å². The van der Waals surface area contributed by atoms with Crippen LogP contribution in [-0.2, 0) is 0 Å². The second-order valence-corrected chi connectivity index (χ2v) is 5.58. The number of hydrogen-bond acceptors (Lipinski definition) is 5. The number of nitrogens with zero attached hydrogens (tertiary/aromatic N) is 3. The second-order valence-electron chi connectivity index (χ2n) is 5.58. The van der Waals surface area contributed by atoms with Gasteiger partial charge >= 0.3 is 5.82 Å². The minimum absolute atomic E-state index is 0.0796. The van der Waals surface area contributed by atoms with Gasteiger partial charge in [-0.05, 0) is 30.9 Å². The van der Waals surface area contributed by atoms with Crippen LogP contribution < -0.4 is 10.1 Å². The Balaban J connectivity index is 2.02. The lowest BCUT2D eigenvalue weighted by Gasteiger charge is -2.17. The average Bonchev–Trinajstić information content (AvgIpc) is 2.92. The number of aryl methyl sites for hydroxylation is 1. The van der Waals surface area contributed by atoms with Crippen LogP contribution in [0.4, 0.5) is 11.6 Å². The molecule has 1 aromatic carbocycles. The number of fused-ring (bicyclic) bond motifs is 1. The average molecular weight is 326 g/mol. The molecule has 0 spiro atoms. The molecule has 1 atom stereocenters. The molecule has 0 radical (unpaired) electrons. The number of anilines is 1. The van der Waals surface area contributed by atoms with Crippen molar-refractivity contribution in [3.8, 4) is 5.75 Å². The molecular formula is C17H18N4O3. The van der Waals surface area contributed by atoms with Crippen LogP contribution in [-0.4, -0.2) is 21.4 Å². The van der Waals surface area contributed by atoms with E-state index in [0.717, 1.165) is 16.9 Å². The Kier molecular flexibility index (Phi) is 4.07. The van der Waals surface area contributed by atoms with Crippen LogP contribution >= 0.6 is 0 Å². The highest BCUT2D eigenvalue weighted by molar-refractivity contribution is 5.63. The van der Waals surface area contributed by atoms with E-state index in [1.807, 2.05) is 32.0 Å². The predicted octanol–water partition coefficient (Wildman–Crippen LogP) is 3.73. The van der Waals surface area contributed by atoms with E-state index >= 15 is 0 Å². The molecular weight excluding hydrogens is 308 g/mol. The van der Waals surface area contributed by atoms with Crippen molar-refractivity contribution in [3.05, 3.63) is 63.8 Å². The van der Waals surface area contributed by atoms with E-state index in [-0.39, 0.29) is 17.7 Å². The Morgan fingerprint density at radius 2 is 2.12 bits per heavy atom. The highest BCUT2D eigenvalue weighted by Gasteiger charge is 2.24. The van der Waals surface area contributed by atoms with Crippen molar-refractivity contribution in [1.82, 2.24) is 9.38 Å². The molecule has 0 aliphatic heterocycles. The molecule has 7 heteroatoms. The maximum absolute atomic E-state index is 11.5. The molecule has 0 saturated carbocycles. The van der Waals surface area contributed by atoms with E-state index in [2.05, 4.69) is 10.3 Å². The molecule has 1 N–H and O–H groups in total. The van der Waals surface area contributed by atoms with Crippen LogP contribution in [0.3, 0.4) is 0 Å². The number of nitrogens with one attached hydrogen (secondary N) is 1. The Hall–Kier alpha value is -3.09. The molecule has 2 heterocycles. The summed E-state index contributed by atoms with van der Waals surface area (Å²) in [6.45, 7) is 3.91. The third-order valence-corrected chi connectivity index (χ3v) is 3.88. The first-order valence-corrected chi connectivity index (χ1v) is 7.54. The summed E-state index contributed by atoms with van der Waals surface area (Å²) in [4.78, 5) is 15.4. The zero-order chi connectivity index (χ0) is 17.3. The quantitative estimate of drug-likeness (QED) is 0.570. The zero-order valence-corrected chi connectivity index (χ0v) is 13.7. The van der Waals surface area contributed by atoms with Gasteiger partial charge in [-0.25, -0.2) is 0 Å². The highest BCUT2D eigenvalue weighted by Crippen LogP contribution is 2.32. The lowest BCUT2D eigenvalue weighted by atomic mass is 10.0. The lowest BCUT2D eigenvalue weighted by molar-refractivity contribution is -0.389. The smallest absolute Gasteiger partial charge is 0.372 e. The second kappa shape index (κ2) is 6.19. The van der Waals surface area contributed by atoms with Crippen LogP contribution in [0.15, 0.2) is 42.6 Å². The Labute approximate surface area is 139 Å². The zero-order valence-electron chi connectivity index (χ0n) is 13.7. The van der Waals surface area contributed by atoms with Crippen molar-refractivity contribution >= 4 is 17.3 Å². The molecule has 3 aromatic rings. The number of nitro groups is 1. The first-order chi connectivity index (χ1) is 11.5. The van der Waals surface area contributed by atoms with Crippen LogP contribution in [0, 0.1) is 17.0 Å². The molecule has 0 unspecified atom stereocenters. The van der Waals surface area contributed by atoms with E-state index in [4.69, 9.17) is 4.74 Å². The largest absolute Gasteiger partial charge is 0.496 e. The van der Waals surface area contributed by atoms with Crippen molar-refractivity contribution < 1.29 is 9.66 Å². The Bertz CT molecular complexity index is 904. The molecule has 24 heavy (non-hydrogen) atoms. The van der Waals surface area contributed by atoms with Crippen molar-refractivity contribution in [2.24, 2.45) is 0 Å². The number of pyridine rings is 1. The number of hydrogen-bond donors (Lipinski definition) is 1. The Morgan fingerprint density at radius 1 is 1.33 bits per heavy atom. The van der Waals surface area contributed by atoms with Gasteiger partial charge in [0.1, 0.15) is 5.75 Å². The number of methoxy groups -OCH3 is 1. The summed E-state index contributed by atoms with van der Waals surface area (Å²) < 4.78 is 6.86. The highest BCUT2D eigenvalue weighted by atomic mass is 16.6. The van der Waals surface area contributed by atoms with Crippen LogP contribution in [0.5, 0.6) is 5.75 Å². The summed E-state index contributed by atoms with van der Waals surface area (Å²) >= 11 is 0. The summed E-state index contributed by atoms with van der Waals surface area (Å²) in [5, 5.41) is 14.6. The van der Waals surface area contributed by atoms with Crippen molar-refractivity contribution in [2.45, 2.75) is 19.9 Å². The van der Waals surface area contributed by atoms with E-state index in [1.54, 1.807) is 31.5 Å². The minimum Gasteiger partial charge on any atom is -0.496 e. The molecule has 0 amide bonds. The molecule has 3 rings (SSSR count). The van der Waals surface area contributed by atoms with Gasteiger partial charge < -0.3 is 20.2 Å². The van der Waals surface area contributed by atoms with Gasteiger partial charge in [0, 0.05) is 11.6 Å². The van der Waals surface area contributed by atoms with Crippen LogP contribution in [0.1, 0.15) is 24.1 Å². The van der Waals surface area contributed by atoms with E-state index in [9.17, 15) is 10.1 Å². The maximum Gasteiger partial charge on any atom is 0.372 e. The molecule has 124 valence electrons. The minimum atomic E-state index is -0.428. The molecule has 0 fully saturated rings. The van der Waals surface area contributed by atoms with Gasteiger partial charge in [-0.1, -0.05) is 23.8 Å². The van der Waals surface area contributed by atoms with Crippen molar-refractivity contribution in [3.63, 3.8) is 0 Å². The summed E-state index contributed by atoms with van der Waals surface area (Å²) in [6, 6.07) is 10.9. The lowest BCUT2D eigenvalue weighted by Crippen LogP contribution is -2.10. The number of aromatic nitrogens is 2. The summed E-state index contributed by atoms with van der Waals surface area (Å²) in [7, 11) is 1.61. The summed E-state index contributed by atoms with van der Waals surface area (Å²) in [5.41, 5.74) is 2.53. The maximum atomic E-state index is 11.5. The summed E-state index contributed by atoms with van der Waals surface area (Å²) in [6.07, 6.45) is 1.63. The first-order valence-electron chi connectivity index (χ1n) is 7.54. The van der Waals surface area contributed by atoms with Gasteiger partial charge in [-0.2, -0.15) is 9.38 Å². The topological polar surface area (TPSA) is 81.7 Å². The van der Waals surface area contributed by atoms with Crippen molar-refractivity contribution in [2.75, 3.05) is 12.4 Å². The Morgan fingerprint density at radius 3 is 2.83 bits per heavy atom. The first kappa shape index (κ1) is 15.8. The SMILES string of the molecule is COc1ccc(C)cc1[C@@H](C)Nc1nc2ccccn2c1[N+](=O)[O-]. The third kappa shape index (κ3) is 2.76. The number of benzene rings is 1. The molecule has 0 aliphatic rings. The monoisotopic (exact) mass is 326 g/mol. The van der Waals surface area contributed by atoms with Gasteiger partial charge in [0.05, 0.1) is 19.3 Å². The molecule has 0 aliphatic carbocycles. The van der Waals surface area contributed by atoms with E-state index < -0.39 is 4.92 Å². The van der Waals surface area contributed by atoms with Gasteiger partial charge in [0.2, 0.25) is 11.5 Å².